The number of aromatic nitrogens is 3. The standard InChI is InChI=1S/C11H8N4O4S/c1-6-4-12-11(13-5-6)20-9-8(15(18)19)3-2-7(14-9)10(16)17/h2-5H,1H3,(H,16,17). The average molecular weight is 292 g/mol. The van der Waals surface area contributed by atoms with Gasteiger partial charge in [-0.25, -0.2) is 19.7 Å². The molecule has 8 nitrogen and oxygen atoms in total. The van der Waals surface area contributed by atoms with Gasteiger partial charge in [-0.1, -0.05) is 0 Å². The third kappa shape index (κ3) is 3.06. The van der Waals surface area contributed by atoms with Gasteiger partial charge in [0.15, 0.2) is 10.2 Å². The van der Waals surface area contributed by atoms with Crippen LogP contribution in [-0.4, -0.2) is 31.0 Å². The van der Waals surface area contributed by atoms with Crippen molar-refractivity contribution in [3.63, 3.8) is 0 Å². The molecule has 0 radical (unpaired) electrons. The van der Waals surface area contributed by atoms with Gasteiger partial charge in [0.2, 0.25) is 0 Å². The zero-order valence-corrected chi connectivity index (χ0v) is 11.0. The van der Waals surface area contributed by atoms with Gasteiger partial charge in [0.1, 0.15) is 5.69 Å². The van der Waals surface area contributed by atoms with Crippen LogP contribution in [0.5, 0.6) is 0 Å². The van der Waals surface area contributed by atoms with Crippen molar-refractivity contribution < 1.29 is 14.8 Å². The van der Waals surface area contributed by atoms with Gasteiger partial charge >= 0.3 is 11.7 Å². The molecule has 2 aromatic rings. The minimum atomic E-state index is -1.26. The van der Waals surface area contributed by atoms with E-state index in [4.69, 9.17) is 5.11 Å². The molecule has 102 valence electrons. The SMILES string of the molecule is Cc1cnc(Sc2nc(C(=O)O)ccc2[N+](=O)[O-])nc1. The summed E-state index contributed by atoms with van der Waals surface area (Å²) in [6.07, 6.45) is 3.12. The summed E-state index contributed by atoms with van der Waals surface area (Å²) in [6, 6.07) is 2.19. The van der Waals surface area contributed by atoms with Crippen LogP contribution in [0.3, 0.4) is 0 Å². The quantitative estimate of drug-likeness (QED) is 0.515. The molecule has 0 atom stereocenters. The zero-order chi connectivity index (χ0) is 14.7. The highest BCUT2D eigenvalue weighted by Gasteiger charge is 2.20. The third-order valence-electron chi connectivity index (χ3n) is 2.20. The van der Waals surface area contributed by atoms with Crippen molar-refractivity contribution in [3.05, 3.63) is 45.9 Å². The van der Waals surface area contributed by atoms with Gasteiger partial charge in [-0.3, -0.25) is 10.1 Å². The predicted molar refractivity (Wildman–Crippen MR) is 68.7 cm³/mol. The lowest BCUT2D eigenvalue weighted by atomic mass is 10.3. The molecule has 0 aliphatic rings. The number of carboxylic acid groups (broad SMARTS) is 1. The van der Waals surface area contributed by atoms with Crippen LogP contribution >= 0.6 is 11.8 Å². The van der Waals surface area contributed by atoms with Crippen LogP contribution in [-0.2, 0) is 0 Å². The zero-order valence-electron chi connectivity index (χ0n) is 10.2. The number of aryl methyl sites for hydroxylation is 1. The van der Waals surface area contributed by atoms with E-state index >= 15 is 0 Å². The van der Waals surface area contributed by atoms with Crippen molar-refractivity contribution >= 4 is 23.4 Å². The number of nitro groups is 1. The molecule has 2 heterocycles. The summed E-state index contributed by atoms with van der Waals surface area (Å²) >= 11 is 0.844. The summed E-state index contributed by atoms with van der Waals surface area (Å²) in [6.45, 7) is 1.81. The maximum atomic E-state index is 10.9. The number of pyridine rings is 1. The first-order valence-electron chi connectivity index (χ1n) is 5.32. The van der Waals surface area contributed by atoms with E-state index in [2.05, 4.69) is 15.0 Å². The maximum absolute atomic E-state index is 10.9. The Hall–Kier alpha value is -2.55. The average Bonchev–Trinajstić information content (AvgIpc) is 2.41. The number of aromatic carboxylic acids is 1. The second kappa shape index (κ2) is 5.61. The minimum absolute atomic E-state index is 0.0567. The highest BCUT2D eigenvalue weighted by molar-refractivity contribution is 7.99. The van der Waals surface area contributed by atoms with E-state index in [0.29, 0.717) is 0 Å². The molecule has 0 aliphatic carbocycles. The highest BCUT2D eigenvalue weighted by Crippen LogP contribution is 2.31. The lowest BCUT2D eigenvalue weighted by Gasteiger charge is -2.02. The van der Waals surface area contributed by atoms with Crippen molar-refractivity contribution in [1.29, 1.82) is 0 Å². The molecule has 0 aliphatic heterocycles. The number of carbonyl (C=O) groups is 1. The van der Waals surface area contributed by atoms with Crippen LogP contribution in [0.4, 0.5) is 5.69 Å². The third-order valence-corrected chi connectivity index (χ3v) is 3.09. The van der Waals surface area contributed by atoms with Crippen LogP contribution in [0.1, 0.15) is 16.1 Å². The Morgan fingerprint density at radius 1 is 1.35 bits per heavy atom. The molecule has 0 fully saturated rings. The van der Waals surface area contributed by atoms with Gasteiger partial charge in [-0.05, 0) is 30.3 Å². The summed E-state index contributed by atoms with van der Waals surface area (Å²) in [7, 11) is 0. The van der Waals surface area contributed by atoms with E-state index < -0.39 is 10.9 Å². The van der Waals surface area contributed by atoms with Crippen LogP contribution < -0.4 is 0 Å². The number of rotatable bonds is 4. The predicted octanol–water partition coefficient (Wildman–Crippen LogP) is 1.94. The molecule has 0 unspecified atom stereocenters. The molecule has 0 amide bonds. The molecular weight excluding hydrogens is 284 g/mol. The molecule has 20 heavy (non-hydrogen) atoms. The number of hydrogen-bond acceptors (Lipinski definition) is 7. The minimum Gasteiger partial charge on any atom is -0.477 e. The highest BCUT2D eigenvalue weighted by atomic mass is 32.2. The van der Waals surface area contributed by atoms with Crippen molar-refractivity contribution in [1.82, 2.24) is 15.0 Å². The van der Waals surface area contributed by atoms with E-state index in [9.17, 15) is 14.9 Å². The summed E-state index contributed by atoms with van der Waals surface area (Å²) in [4.78, 5) is 32.9. The van der Waals surface area contributed by atoms with E-state index in [1.54, 1.807) is 19.3 Å². The molecule has 0 saturated heterocycles. The van der Waals surface area contributed by atoms with Gasteiger partial charge in [-0.2, -0.15) is 0 Å². The van der Waals surface area contributed by atoms with Crippen molar-refractivity contribution in [3.8, 4) is 0 Å². The molecule has 2 aromatic heterocycles. The largest absolute Gasteiger partial charge is 0.477 e. The monoisotopic (exact) mass is 292 g/mol. The van der Waals surface area contributed by atoms with E-state index in [-0.39, 0.29) is 21.6 Å². The molecule has 0 aromatic carbocycles. The first-order chi connectivity index (χ1) is 9.47. The number of nitrogens with zero attached hydrogens (tertiary/aromatic N) is 4. The van der Waals surface area contributed by atoms with Crippen LogP contribution in [0.15, 0.2) is 34.7 Å². The molecule has 0 saturated carbocycles. The Bertz CT molecular complexity index is 675. The summed E-state index contributed by atoms with van der Waals surface area (Å²) in [5.74, 6) is -1.26. The smallest absolute Gasteiger partial charge is 0.354 e. The molecular formula is C11H8N4O4S. The van der Waals surface area contributed by atoms with Gasteiger partial charge < -0.3 is 5.11 Å². The van der Waals surface area contributed by atoms with E-state index in [1.165, 1.54) is 0 Å². The Balaban J connectivity index is 2.41. The second-order valence-corrected chi connectivity index (χ2v) is 4.68. The van der Waals surface area contributed by atoms with Crippen LogP contribution in [0, 0.1) is 17.0 Å². The maximum Gasteiger partial charge on any atom is 0.354 e. The van der Waals surface area contributed by atoms with E-state index in [0.717, 1.165) is 29.5 Å². The van der Waals surface area contributed by atoms with Crippen LogP contribution in [0.25, 0.3) is 0 Å². The Morgan fingerprint density at radius 2 is 2.00 bits per heavy atom. The lowest BCUT2D eigenvalue weighted by Crippen LogP contribution is -2.03. The summed E-state index contributed by atoms with van der Waals surface area (Å²) < 4.78 is 0. The Labute approximate surface area is 117 Å². The fraction of sp³-hybridized carbons (Fsp3) is 0.0909. The summed E-state index contributed by atoms with van der Waals surface area (Å²) in [5, 5.41) is 20.0. The van der Waals surface area contributed by atoms with E-state index in [1.807, 2.05) is 0 Å². The molecule has 0 spiro atoms. The van der Waals surface area contributed by atoms with Gasteiger partial charge in [0.25, 0.3) is 0 Å². The molecule has 2 rings (SSSR count). The number of carboxylic acids is 1. The summed E-state index contributed by atoms with van der Waals surface area (Å²) in [5.41, 5.74) is 0.283. The van der Waals surface area contributed by atoms with Crippen molar-refractivity contribution in [2.75, 3.05) is 0 Å². The molecule has 1 N–H and O–H groups in total. The molecule has 0 bridgehead atoms. The van der Waals surface area contributed by atoms with Gasteiger partial charge in [-0.15, -0.1) is 0 Å². The van der Waals surface area contributed by atoms with Gasteiger partial charge in [0, 0.05) is 18.5 Å². The fourth-order valence-corrected chi connectivity index (χ4v) is 2.06. The number of hydrogen-bond donors (Lipinski definition) is 1. The molecule has 9 heteroatoms. The topological polar surface area (TPSA) is 119 Å². The first kappa shape index (κ1) is 13.9. The first-order valence-corrected chi connectivity index (χ1v) is 6.14. The van der Waals surface area contributed by atoms with Crippen LogP contribution in [0.2, 0.25) is 0 Å². The normalized spacial score (nSPS) is 10.2. The van der Waals surface area contributed by atoms with Crippen molar-refractivity contribution in [2.45, 2.75) is 17.1 Å². The second-order valence-electron chi connectivity index (χ2n) is 3.73. The fourth-order valence-electron chi connectivity index (χ4n) is 1.29. The lowest BCUT2D eigenvalue weighted by molar-refractivity contribution is -0.388. The van der Waals surface area contributed by atoms with Gasteiger partial charge in [0.05, 0.1) is 4.92 Å². The Kier molecular flexibility index (Phi) is 3.89. The Morgan fingerprint density at radius 3 is 2.55 bits per heavy atom. The van der Waals surface area contributed by atoms with Crippen molar-refractivity contribution in [2.24, 2.45) is 0 Å².